The lowest BCUT2D eigenvalue weighted by atomic mass is 9.97. The summed E-state index contributed by atoms with van der Waals surface area (Å²) in [5.74, 6) is -0.252. The van der Waals surface area contributed by atoms with Crippen molar-refractivity contribution in [1.29, 1.82) is 0 Å². The second-order valence-electron chi connectivity index (χ2n) is 19.3. The topological polar surface area (TPSA) is 228 Å². The van der Waals surface area contributed by atoms with Crippen molar-refractivity contribution >= 4 is 5.91 Å². The number of aliphatic hydroxyl groups is 8. The van der Waals surface area contributed by atoms with E-state index in [0.717, 1.165) is 57.8 Å². The van der Waals surface area contributed by atoms with Gasteiger partial charge >= 0.3 is 0 Å². The maximum Gasteiger partial charge on any atom is 0.220 e. The first-order valence-electron chi connectivity index (χ1n) is 27.5. The molecule has 0 bridgehead atoms. The SMILES string of the molecule is CC/C=C\C/C=C\C/C=C\C/C=C\CCCCCCCCCCCCCCCCCCCCCCC(=O)NC(COC1OC(CO)C(OC2OC(CO)C(O)C(O)C2O)C(O)C1O)C(O)/C=C/CCC. The van der Waals surface area contributed by atoms with Gasteiger partial charge in [-0.3, -0.25) is 4.79 Å². The molecule has 2 aliphatic heterocycles. The Bertz CT molecular complexity index is 1410. The molecule has 0 spiro atoms. The molecule has 0 saturated carbocycles. The van der Waals surface area contributed by atoms with Crippen LogP contribution in [0.5, 0.6) is 0 Å². The number of amides is 1. The molecule has 2 rings (SSSR count). The summed E-state index contributed by atoms with van der Waals surface area (Å²) in [4.78, 5) is 13.0. The van der Waals surface area contributed by atoms with Crippen molar-refractivity contribution in [3.8, 4) is 0 Å². The van der Waals surface area contributed by atoms with Crippen molar-refractivity contribution in [1.82, 2.24) is 5.32 Å². The molecule has 14 nitrogen and oxygen atoms in total. The molecule has 12 atom stereocenters. The summed E-state index contributed by atoms with van der Waals surface area (Å²) in [5.41, 5.74) is 0. The first-order valence-corrected chi connectivity index (χ1v) is 27.5. The van der Waals surface area contributed by atoms with Crippen LogP contribution in [-0.4, -0.2) is 140 Å². The van der Waals surface area contributed by atoms with Crippen LogP contribution in [0.1, 0.15) is 194 Å². The predicted molar refractivity (Wildman–Crippen MR) is 277 cm³/mol. The number of carbonyl (C=O) groups excluding carboxylic acids is 1. The molecule has 2 saturated heterocycles. The normalized spacial score (nSPS) is 26.4. The van der Waals surface area contributed by atoms with Gasteiger partial charge in [-0.25, -0.2) is 0 Å². The first-order chi connectivity index (χ1) is 34.1. The third-order valence-electron chi connectivity index (χ3n) is 13.2. The summed E-state index contributed by atoms with van der Waals surface area (Å²) in [5, 5.41) is 85.9. The lowest BCUT2D eigenvalue weighted by Crippen LogP contribution is -2.65. The van der Waals surface area contributed by atoms with Crippen molar-refractivity contribution in [2.75, 3.05) is 19.8 Å². The van der Waals surface area contributed by atoms with Gasteiger partial charge in [-0.05, 0) is 51.4 Å². The molecule has 12 unspecified atom stereocenters. The highest BCUT2D eigenvalue weighted by atomic mass is 16.7. The monoisotopic (exact) mass is 994 g/mol. The zero-order chi connectivity index (χ0) is 51.0. The Morgan fingerprint density at radius 3 is 1.49 bits per heavy atom. The Kier molecular flexibility index (Phi) is 38.4. The summed E-state index contributed by atoms with van der Waals surface area (Å²) in [7, 11) is 0. The fraction of sp³-hybridized carbons (Fsp3) is 0.804. The molecule has 0 aliphatic carbocycles. The fourth-order valence-electron chi connectivity index (χ4n) is 8.76. The summed E-state index contributed by atoms with van der Waals surface area (Å²) in [6.07, 6.45) is 37.0. The third kappa shape index (κ3) is 28.2. The van der Waals surface area contributed by atoms with Crippen molar-refractivity contribution in [3.63, 3.8) is 0 Å². The van der Waals surface area contributed by atoms with Gasteiger partial charge in [0.15, 0.2) is 12.6 Å². The van der Waals surface area contributed by atoms with E-state index in [9.17, 15) is 45.6 Å². The molecule has 70 heavy (non-hydrogen) atoms. The van der Waals surface area contributed by atoms with Crippen LogP contribution < -0.4 is 5.32 Å². The molecule has 1 amide bonds. The average Bonchev–Trinajstić information content (AvgIpc) is 3.36. The van der Waals surface area contributed by atoms with Gasteiger partial charge in [0, 0.05) is 6.42 Å². The number of hydrogen-bond acceptors (Lipinski definition) is 13. The number of allylic oxidation sites excluding steroid dienone is 9. The molecule has 0 radical (unpaired) electrons. The minimum Gasteiger partial charge on any atom is -0.394 e. The number of ether oxygens (including phenoxy) is 4. The van der Waals surface area contributed by atoms with Crippen LogP contribution in [0, 0.1) is 0 Å². The Hall–Kier alpha value is -2.31. The largest absolute Gasteiger partial charge is 0.394 e. The van der Waals surface area contributed by atoms with Gasteiger partial charge < -0.3 is 65.1 Å². The summed E-state index contributed by atoms with van der Waals surface area (Å²) in [6, 6.07) is -0.909. The third-order valence-corrected chi connectivity index (χ3v) is 13.2. The standard InChI is InChI=1S/C56H99NO13/c1-3-5-7-8-9-10-11-12-13-14-15-16-17-18-19-20-21-22-23-24-25-26-27-28-29-30-31-32-33-34-35-36-38-40-48(61)57-44(45(60)39-37-6-4-2)43-67-55-53(66)51(64)54(47(42-59)69-55)70-56-52(65)50(63)49(62)46(41-58)68-56/h5,7,9-10,12-13,15-16,37,39,44-47,49-56,58-60,62-66H,3-4,6,8,11,14,17-36,38,40-43H2,1-2H3,(H,57,61)/b7-5-,10-9-,13-12-,16-15-,39-37+. The van der Waals surface area contributed by atoms with E-state index in [2.05, 4.69) is 60.8 Å². The van der Waals surface area contributed by atoms with Gasteiger partial charge in [0.25, 0.3) is 0 Å². The smallest absolute Gasteiger partial charge is 0.220 e. The Morgan fingerprint density at radius 2 is 0.986 bits per heavy atom. The second-order valence-corrected chi connectivity index (χ2v) is 19.3. The van der Waals surface area contributed by atoms with Gasteiger partial charge in [-0.2, -0.15) is 0 Å². The van der Waals surface area contributed by atoms with E-state index >= 15 is 0 Å². The number of rotatable bonds is 42. The Labute approximate surface area is 422 Å². The van der Waals surface area contributed by atoms with E-state index < -0.39 is 86.8 Å². The Morgan fingerprint density at radius 1 is 0.529 bits per heavy atom. The van der Waals surface area contributed by atoms with Crippen LogP contribution in [0.3, 0.4) is 0 Å². The number of aliphatic hydroxyl groups excluding tert-OH is 8. The zero-order valence-electron chi connectivity index (χ0n) is 43.2. The average molecular weight is 994 g/mol. The minimum atomic E-state index is -1.79. The van der Waals surface area contributed by atoms with Crippen molar-refractivity contribution in [2.24, 2.45) is 0 Å². The molecule has 2 heterocycles. The van der Waals surface area contributed by atoms with E-state index in [4.69, 9.17) is 18.9 Å². The molecular weight excluding hydrogens is 895 g/mol. The lowest BCUT2D eigenvalue weighted by Gasteiger charge is -2.46. The van der Waals surface area contributed by atoms with E-state index in [1.54, 1.807) is 6.08 Å². The minimum absolute atomic E-state index is 0.252. The van der Waals surface area contributed by atoms with E-state index in [-0.39, 0.29) is 18.9 Å². The second kappa shape index (κ2) is 42.1. The lowest BCUT2D eigenvalue weighted by molar-refractivity contribution is -0.359. The van der Waals surface area contributed by atoms with E-state index in [1.807, 2.05) is 13.0 Å². The zero-order valence-corrected chi connectivity index (χ0v) is 43.2. The molecule has 406 valence electrons. The molecule has 0 aromatic rings. The highest BCUT2D eigenvalue weighted by Gasteiger charge is 2.51. The van der Waals surface area contributed by atoms with Gasteiger partial charge in [-0.1, -0.05) is 197 Å². The summed E-state index contributed by atoms with van der Waals surface area (Å²) >= 11 is 0. The summed E-state index contributed by atoms with van der Waals surface area (Å²) in [6.45, 7) is 2.44. The highest BCUT2D eigenvalue weighted by Crippen LogP contribution is 2.30. The summed E-state index contributed by atoms with van der Waals surface area (Å²) < 4.78 is 22.5. The van der Waals surface area contributed by atoms with Crippen LogP contribution in [0.25, 0.3) is 0 Å². The number of carbonyl (C=O) groups is 1. The van der Waals surface area contributed by atoms with E-state index in [0.29, 0.717) is 6.42 Å². The van der Waals surface area contributed by atoms with Crippen LogP contribution in [0.2, 0.25) is 0 Å². The van der Waals surface area contributed by atoms with Crippen molar-refractivity contribution < 1.29 is 64.6 Å². The quantitative estimate of drug-likeness (QED) is 0.0208. The van der Waals surface area contributed by atoms with Gasteiger partial charge in [0.2, 0.25) is 5.91 Å². The maximum atomic E-state index is 13.0. The predicted octanol–water partition coefficient (Wildman–Crippen LogP) is 8.22. The van der Waals surface area contributed by atoms with Crippen LogP contribution in [-0.2, 0) is 23.7 Å². The molecular formula is C56H99NO13. The molecule has 2 fully saturated rings. The van der Waals surface area contributed by atoms with Crippen LogP contribution in [0.4, 0.5) is 0 Å². The maximum absolute atomic E-state index is 13.0. The van der Waals surface area contributed by atoms with E-state index in [1.165, 1.54) is 109 Å². The Balaban J connectivity index is 1.50. The fourth-order valence-corrected chi connectivity index (χ4v) is 8.76. The number of nitrogens with one attached hydrogen (secondary N) is 1. The number of unbranched alkanes of at least 4 members (excludes halogenated alkanes) is 21. The first kappa shape index (κ1) is 63.8. The molecule has 0 aromatic heterocycles. The van der Waals surface area contributed by atoms with Gasteiger partial charge in [0.1, 0.15) is 48.8 Å². The van der Waals surface area contributed by atoms with Crippen LogP contribution in [0.15, 0.2) is 60.8 Å². The molecule has 2 aliphatic rings. The number of hydrogen-bond donors (Lipinski definition) is 9. The molecule has 14 heteroatoms. The van der Waals surface area contributed by atoms with Gasteiger partial charge in [0.05, 0.1) is 32.0 Å². The molecule has 0 aromatic carbocycles. The van der Waals surface area contributed by atoms with Gasteiger partial charge in [-0.15, -0.1) is 0 Å². The molecule has 9 N–H and O–H groups in total. The van der Waals surface area contributed by atoms with Crippen molar-refractivity contribution in [2.45, 2.75) is 267 Å². The van der Waals surface area contributed by atoms with Crippen molar-refractivity contribution in [3.05, 3.63) is 60.8 Å². The van der Waals surface area contributed by atoms with Crippen LogP contribution >= 0.6 is 0 Å². The highest BCUT2D eigenvalue weighted by molar-refractivity contribution is 5.76.